The van der Waals surface area contributed by atoms with Crippen LogP contribution in [0.4, 0.5) is 0 Å². The van der Waals surface area contributed by atoms with Crippen molar-refractivity contribution in [2.75, 3.05) is 18.8 Å². The monoisotopic (exact) mass is 181 g/mol. The van der Waals surface area contributed by atoms with E-state index in [4.69, 9.17) is 23.2 Å². The van der Waals surface area contributed by atoms with Gasteiger partial charge in [-0.05, 0) is 19.9 Å². The fourth-order valence-corrected chi connectivity index (χ4v) is 2.21. The summed E-state index contributed by atoms with van der Waals surface area (Å²) in [5, 5.41) is 0. The molecule has 0 amide bonds. The minimum atomic E-state index is 0.561. The Kier molecular flexibility index (Phi) is 3.28. The van der Waals surface area contributed by atoms with E-state index in [-0.39, 0.29) is 0 Å². The first-order chi connectivity index (χ1) is 4.79. The molecule has 0 N–H and O–H groups in total. The Bertz CT molecular complexity index is 95.8. The lowest BCUT2D eigenvalue weighted by Gasteiger charge is -2.22. The van der Waals surface area contributed by atoms with Crippen molar-refractivity contribution < 1.29 is 0 Å². The molecule has 0 unspecified atom stereocenters. The van der Waals surface area contributed by atoms with Gasteiger partial charge in [0, 0.05) is 23.8 Å². The highest BCUT2D eigenvalue weighted by Gasteiger charge is 2.28. The average molecular weight is 182 g/mol. The first-order valence-electron chi connectivity index (χ1n) is 3.63. The fourth-order valence-electron chi connectivity index (χ4n) is 1.46. The van der Waals surface area contributed by atoms with Crippen molar-refractivity contribution in [3.05, 3.63) is 0 Å². The van der Waals surface area contributed by atoms with Crippen LogP contribution in [-0.4, -0.2) is 35.8 Å². The lowest BCUT2D eigenvalue weighted by molar-refractivity contribution is 0.272. The summed E-state index contributed by atoms with van der Waals surface area (Å²) in [6, 6.07) is 1.12. The maximum atomic E-state index is 5.74. The third-order valence-corrected chi connectivity index (χ3v) is 3.05. The molecule has 3 heteroatoms. The number of hydrogen-bond donors (Lipinski definition) is 0. The second-order valence-electron chi connectivity index (χ2n) is 2.86. The number of halogens is 2. The molecule has 1 rings (SSSR count). The van der Waals surface area contributed by atoms with Crippen LogP contribution in [0.5, 0.6) is 0 Å². The summed E-state index contributed by atoms with van der Waals surface area (Å²) in [5.74, 6) is 1.48. The zero-order chi connectivity index (χ0) is 7.56. The maximum absolute atomic E-state index is 5.74. The van der Waals surface area contributed by atoms with E-state index < -0.39 is 0 Å². The molecule has 1 aliphatic rings. The number of rotatable bonds is 2. The smallest absolute Gasteiger partial charge is 0.0379 e. The predicted octanol–water partition coefficient (Wildman–Crippen LogP) is 1.93. The van der Waals surface area contributed by atoms with Crippen LogP contribution >= 0.6 is 23.2 Å². The van der Waals surface area contributed by atoms with Crippen molar-refractivity contribution >= 4 is 23.2 Å². The van der Waals surface area contributed by atoms with E-state index in [1.54, 1.807) is 0 Å². The summed E-state index contributed by atoms with van der Waals surface area (Å²) in [5.41, 5.74) is 0. The number of likely N-dealkylation sites (tertiary alicyclic amines) is 1. The van der Waals surface area contributed by atoms with Crippen molar-refractivity contribution in [1.29, 1.82) is 0 Å². The number of hydrogen-bond acceptors (Lipinski definition) is 1. The van der Waals surface area contributed by atoms with Crippen LogP contribution in [0, 0.1) is 0 Å². The summed E-state index contributed by atoms with van der Waals surface area (Å²) in [6.45, 7) is 0. The molecule has 1 nitrogen and oxygen atoms in total. The minimum Gasteiger partial charge on any atom is -0.298 e. The SMILES string of the molecule is CN1[C@H](CCl)CC[C@@H]1CCl. The van der Waals surface area contributed by atoms with Crippen LogP contribution in [0.3, 0.4) is 0 Å². The summed E-state index contributed by atoms with van der Waals surface area (Å²) < 4.78 is 0. The molecule has 0 aliphatic carbocycles. The van der Waals surface area contributed by atoms with Gasteiger partial charge in [-0.2, -0.15) is 0 Å². The summed E-state index contributed by atoms with van der Waals surface area (Å²) in [4.78, 5) is 2.29. The molecule has 0 radical (unpaired) electrons. The summed E-state index contributed by atoms with van der Waals surface area (Å²) >= 11 is 11.5. The number of alkyl halides is 2. The molecule has 0 spiro atoms. The molecule has 1 aliphatic heterocycles. The van der Waals surface area contributed by atoms with Crippen molar-refractivity contribution in [3.63, 3.8) is 0 Å². The average Bonchev–Trinajstić information content (AvgIpc) is 2.30. The molecule has 1 saturated heterocycles. The quantitative estimate of drug-likeness (QED) is 0.590. The van der Waals surface area contributed by atoms with Gasteiger partial charge in [0.1, 0.15) is 0 Å². The van der Waals surface area contributed by atoms with E-state index in [0.717, 1.165) is 11.8 Å². The highest BCUT2D eigenvalue weighted by molar-refractivity contribution is 6.18. The Balaban J connectivity index is 2.41. The second kappa shape index (κ2) is 3.80. The molecule has 0 aromatic heterocycles. The standard InChI is InChI=1S/C7H13Cl2N/c1-10-6(4-8)2-3-7(10)5-9/h6-7H,2-5H2,1H3/t6-,7+. The van der Waals surface area contributed by atoms with Gasteiger partial charge < -0.3 is 0 Å². The molecular formula is C7H13Cl2N. The van der Waals surface area contributed by atoms with Crippen LogP contribution < -0.4 is 0 Å². The molecular weight excluding hydrogens is 169 g/mol. The van der Waals surface area contributed by atoms with E-state index in [2.05, 4.69) is 11.9 Å². The summed E-state index contributed by atoms with van der Waals surface area (Å²) in [7, 11) is 2.10. The molecule has 0 aromatic rings. The first-order valence-corrected chi connectivity index (χ1v) is 4.70. The first kappa shape index (κ1) is 8.63. The van der Waals surface area contributed by atoms with Gasteiger partial charge >= 0.3 is 0 Å². The van der Waals surface area contributed by atoms with Crippen molar-refractivity contribution in [2.24, 2.45) is 0 Å². The third kappa shape index (κ3) is 1.58. The molecule has 1 fully saturated rings. The molecule has 10 heavy (non-hydrogen) atoms. The van der Waals surface area contributed by atoms with Gasteiger partial charge in [-0.1, -0.05) is 0 Å². The molecule has 2 atom stereocenters. The second-order valence-corrected chi connectivity index (χ2v) is 3.48. The van der Waals surface area contributed by atoms with Gasteiger partial charge in [0.25, 0.3) is 0 Å². The van der Waals surface area contributed by atoms with Crippen LogP contribution in [0.2, 0.25) is 0 Å². The van der Waals surface area contributed by atoms with Crippen LogP contribution in [0.1, 0.15) is 12.8 Å². The molecule has 0 saturated carbocycles. The Morgan fingerprint density at radius 2 is 1.60 bits per heavy atom. The maximum Gasteiger partial charge on any atom is 0.0379 e. The van der Waals surface area contributed by atoms with Gasteiger partial charge in [0.15, 0.2) is 0 Å². The zero-order valence-electron chi connectivity index (χ0n) is 6.19. The van der Waals surface area contributed by atoms with Crippen molar-refractivity contribution in [3.8, 4) is 0 Å². The van der Waals surface area contributed by atoms with Gasteiger partial charge in [0.05, 0.1) is 0 Å². The predicted molar refractivity (Wildman–Crippen MR) is 46.0 cm³/mol. The van der Waals surface area contributed by atoms with E-state index >= 15 is 0 Å². The highest BCUT2D eigenvalue weighted by atomic mass is 35.5. The van der Waals surface area contributed by atoms with Gasteiger partial charge in [-0.25, -0.2) is 0 Å². The Hall–Kier alpha value is 0.540. The van der Waals surface area contributed by atoms with E-state index in [0.29, 0.717) is 12.1 Å². The van der Waals surface area contributed by atoms with Crippen LogP contribution in [-0.2, 0) is 0 Å². The van der Waals surface area contributed by atoms with Gasteiger partial charge in [-0.15, -0.1) is 23.2 Å². The minimum absolute atomic E-state index is 0.561. The van der Waals surface area contributed by atoms with Gasteiger partial charge in [-0.3, -0.25) is 4.90 Å². The topological polar surface area (TPSA) is 3.24 Å². The fraction of sp³-hybridized carbons (Fsp3) is 1.00. The molecule has 60 valence electrons. The third-order valence-electron chi connectivity index (χ3n) is 2.34. The molecule has 1 heterocycles. The number of nitrogens with zero attached hydrogens (tertiary/aromatic N) is 1. The molecule has 0 bridgehead atoms. The Labute approximate surface area is 72.3 Å². The van der Waals surface area contributed by atoms with Gasteiger partial charge in [0.2, 0.25) is 0 Å². The van der Waals surface area contributed by atoms with E-state index in [1.165, 1.54) is 12.8 Å². The lowest BCUT2D eigenvalue weighted by atomic mass is 10.2. The van der Waals surface area contributed by atoms with Crippen LogP contribution in [0.25, 0.3) is 0 Å². The normalized spacial score (nSPS) is 35.1. The highest BCUT2D eigenvalue weighted by Crippen LogP contribution is 2.23. The molecule has 0 aromatic carbocycles. The lowest BCUT2D eigenvalue weighted by Crippen LogP contribution is -2.34. The van der Waals surface area contributed by atoms with Crippen LogP contribution in [0.15, 0.2) is 0 Å². The Morgan fingerprint density at radius 3 is 1.80 bits per heavy atom. The zero-order valence-corrected chi connectivity index (χ0v) is 7.70. The van der Waals surface area contributed by atoms with Crippen molar-refractivity contribution in [1.82, 2.24) is 4.90 Å². The van der Waals surface area contributed by atoms with E-state index in [9.17, 15) is 0 Å². The summed E-state index contributed by atoms with van der Waals surface area (Å²) in [6.07, 6.45) is 2.41. The van der Waals surface area contributed by atoms with E-state index in [1.807, 2.05) is 0 Å². The largest absolute Gasteiger partial charge is 0.298 e. The Morgan fingerprint density at radius 1 is 1.20 bits per heavy atom. The van der Waals surface area contributed by atoms with Crippen molar-refractivity contribution in [2.45, 2.75) is 24.9 Å².